The molecule has 0 bridgehead atoms. The number of carbonyl (C=O) groups is 2. The summed E-state index contributed by atoms with van der Waals surface area (Å²) in [5.74, 6) is -0.110. The number of ether oxygens (including phenoxy) is 1. The summed E-state index contributed by atoms with van der Waals surface area (Å²) >= 11 is 0. The topological polar surface area (TPSA) is 96.0 Å². The maximum atomic E-state index is 12.6. The quantitative estimate of drug-likeness (QED) is 0.697. The van der Waals surface area contributed by atoms with Gasteiger partial charge in [-0.2, -0.15) is 4.31 Å². The fourth-order valence-electron chi connectivity index (χ4n) is 2.12. The lowest BCUT2D eigenvalue weighted by Gasteiger charge is -2.29. The van der Waals surface area contributed by atoms with Crippen LogP contribution in [0.3, 0.4) is 0 Å². The van der Waals surface area contributed by atoms with Crippen LogP contribution in [-0.2, 0) is 26.2 Å². The maximum Gasteiger partial charge on any atom is 0.242 e. The summed E-state index contributed by atoms with van der Waals surface area (Å²) in [4.78, 5) is 25.9. The van der Waals surface area contributed by atoms with E-state index in [0.717, 1.165) is 16.1 Å². The molecule has 0 aliphatic rings. The van der Waals surface area contributed by atoms with Crippen LogP contribution in [0, 0.1) is 0 Å². The van der Waals surface area contributed by atoms with Crippen molar-refractivity contribution < 1.29 is 22.7 Å². The van der Waals surface area contributed by atoms with Crippen molar-refractivity contribution in [3.63, 3.8) is 0 Å². The Morgan fingerprint density at radius 1 is 1.24 bits per heavy atom. The summed E-state index contributed by atoms with van der Waals surface area (Å²) in [6, 6.07) is 6.34. The van der Waals surface area contributed by atoms with Crippen molar-refractivity contribution in [2.75, 3.05) is 34.0 Å². The average Bonchev–Trinajstić information content (AvgIpc) is 2.57. The molecule has 0 aliphatic carbocycles. The van der Waals surface area contributed by atoms with Gasteiger partial charge in [-0.05, 0) is 24.6 Å². The van der Waals surface area contributed by atoms with Crippen molar-refractivity contribution in [2.45, 2.75) is 19.5 Å². The van der Waals surface area contributed by atoms with E-state index in [9.17, 15) is 18.0 Å². The van der Waals surface area contributed by atoms with Crippen molar-refractivity contribution in [3.8, 4) is 5.75 Å². The van der Waals surface area contributed by atoms with Gasteiger partial charge in [0, 0.05) is 20.6 Å². The molecule has 25 heavy (non-hydrogen) atoms. The molecule has 0 spiro atoms. The van der Waals surface area contributed by atoms with Gasteiger partial charge in [-0.15, -0.1) is 0 Å². The van der Waals surface area contributed by atoms with Gasteiger partial charge in [-0.3, -0.25) is 9.59 Å². The summed E-state index contributed by atoms with van der Waals surface area (Å²) in [6.45, 7) is 1.44. The number of carbonyl (C=O) groups excluding carboxylic acids is 2. The summed E-state index contributed by atoms with van der Waals surface area (Å²) in [6.07, 6.45) is 1.02. The molecule has 1 atom stereocenters. The Kier molecular flexibility index (Phi) is 7.38. The van der Waals surface area contributed by atoms with Gasteiger partial charge in [0.1, 0.15) is 11.8 Å². The van der Waals surface area contributed by atoms with Crippen LogP contribution in [0.15, 0.2) is 24.3 Å². The summed E-state index contributed by atoms with van der Waals surface area (Å²) in [5.41, 5.74) is 0.798. The van der Waals surface area contributed by atoms with E-state index >= 15 is 0 Å². The molecule has 1 unspecified atom stereocenters. The highest BCUT2D eigenvalue weighted by Crippen LogP contribution is 2.15. The molecule has 0 heterocycles. The number of rotatable bonds is 8. The maximum absolute atomic E-state index is 12.6. The monoisotopic (exact) mass is 371 g/mol. The molecule has 0 saturated heterocycles. The highest BCUT2D eigenvalue weighted by atomic mass is 32.2. The number of likely N-dealkylation sites (N-methyl/N-ethyl adjacent to an activating group) is 2. The minimum atomic E-state index is -3.50. The lowest BCUT2D eigenvalue weighted by atomic mass is 10.1. The third kappa shape index (κ3) is 6.02. The molecule has 9 heteroatoms. The van der Waals surface area contributed by atoms with Gasteiger partial charge in [0.05, 0.1) is 19.9 Å². The molecule has 1 rings (SSSR count). The summed E-state index contributed by atoms with van der Waals surface area (Å²) in [5, 5.41) is 2.50. The van der Waals surface area contributed by atoms with Gasteiger partial charge in [0.2, 0.25) is 21.8 Å². The van der Waals surface area contributed by atoms with Crippen molar-refractivity contribution >= 4 is 21.8 Å². The third-order valence-corrected chi connectivity index (χ3v) is 5.11. The van der Waals surface area contributed by atoms with Gasteiger partial charge in [-0.1, -0.05) is 12.1 Å². The highest BCUT2D eigenvalue weighted by Gasteiger charge is 2.27. The second-order valence-electron chi connectivity index (χ2n) is 5.68. The SMILES string of the molecule is CNC(=O)C(C)N(Cc1ccc(OC)cc1)C(=O)CN(C)S(C)(=O)=O. The van der Waals surface area contributed by atoms with Crippen LogP contribution < -0.4 is 10.1 Å². The Bertz CT molecular complexity index is 703. The Labute approximate surface area is 148 Å². The number of hydrogen-bond acceptors (Lipinski definition) is 5. The molecule has 1 aromatic rings. The number of hydrogen-bond donors (Lipinski definition) is 1. The Balaban J connectivity index is 3.02. The lowest BCUT2D eigenvalue weighted by Crippen LogP contribution is -2.50. The zero-order chi connectivity index (χ0) is 19.2. The molecule has 0 saturated carbocycles. The fourth-order valence-corrected chi connectivity index (χ4v) is 2.46. The first-order valence-corrected chi connectivity index (χ1v) is 9.50. The van der Waals surface area contributed by atoms with E-state index in [1.807, 2.05) is 0 Å². The molecular weight excluding hydrogens is 346 g/mol. The summed E-state index contributed by atoms with van der Waals surface area (Å²) in [7, 11) is 0.865. The van der Waals surface area contributed by atoms with Crippen molar-refractivity contribution in [2.24, 2.45) is 0 Å². The normalized spacial score (nSPS) is 12.6. The lowest BCUT2D eigenvalue weighted by molar-refractivity contribution is -0.140. The molecule has 1 N–H and O–H groups in total. The minimum absolute atomic E-state index is 0.176. The van der Waals surface area contributed by atoms with Crippen LogP contribution in [0.5, 0.6) is 5.75 Å². The molecular formula is C16H25N3O5S. The van der Waals surface area contributed by atoms with E-state index in [1.54, 1.807) is 38.3 Å². The number of amides is 2. The first-order chi connectivity index (χ1) is 11.6. The summed E-state index contributed by atoms with van der Waals surface area (Å²) < 4.78 is 29.1. The molecule has 1 aromatic carbocycles. The van der Waals surface area contributed by atoms with Crippen molar-refractivity contribution in [1.29, 1.82) is 0 Å². The molecule has 0 aromatic heterocycles. The van der Waals surface area contributed by atoms with Crippen LogP contribution in [0.25, 0.3) is 0 Å². The van der Waals surface area contributed by atoms with Gasteiger partial charge < -0.3 is 15.0 Å². The van der Waals surface area contributed by atoms with Crippen molar-refractivity contribution in [1.82, 2.24) is 14.5 Å². The van der Waals surface area contributed by atoms with Crippen LogP contribution in [0.4, 0.5) is 0 Å². The smallest absolute Gasteiger partial charge is 0.242 e. The first kappa shape index (κ1) is 20.9. The van der Waals surface area contributed by atoms with E-state index in [-0.39, 0.29) is 19.0 Å². The molecule has 2 amide bonds. The molecule has 140 valence electrons. The largest absolute Gasteiger partial charge is 0.497 e. The van der Waals surface area contributed by atoms with E-state index in [0.29, 0.717) is 5.75 Å². The van der Waals surface area contributed by atoms with Crippen LogP contribution in [0.1, 0.15) is 12.5 Å². The number of benzene rings is 1. The second-order valence-corrected chi connectivity index (χ2v) is 7.77. The molecule has 0 radical (unpaired) electrons. The Morgan fingerprint density at radius 3 is 2.24 bits per heavy atom. The van der Waals surface area contributed by atoms with Crippen molar-refractivity contribution in [3.05, 3.63) is 29.8 Å². The number of methoxy groups -OCH3 is 1. The van der Waals surface area contributed by atoms with Crippen LogP contribution >= 0.6 is 0 Å². The predicted octanol–water partition coefficient (Wildman–Crippen LogP) is 0.0497. The van der Waals surface area contributed by atoms with Gasteiger partial charge >= 0.3 is 0 Å². The number of nitrogens with zero attached hydrogens (tertiary/aromatic N) is 2. The van der Waals surface area contributed by atoms with E-state index in [1.165, 1.54) is 19.0 Å². The van der Waals surface area contributed by atoms with Crippen LogP contribution in [-0.4, -0.2) is 69.5 Å². The van der Waals surface area contributed by atoms with Gasteiger partial charge in [-0.25, -0.2) is 8.42 Å². The molecule has 0 aliphatic heterocycles. The Morgan fingerprint density at radius 2 is 1.80 bits per heavy atom. The van der Waals surface area contributed by atoms with E-state index in [4.69, 9.17) is 4.74 Å². The first-order valence-electron chi connectivity index (χ1n) is 7.65. The number of sulfonamides is 1. The van der Waals surface area contributed by atoms with Crippen LogP contribution in [0.2, 0.25) is 0 Å². The van der Waals surface area contributed by atoms with E-state index < -0.39 is 22.0 Å². The average molecular weight is 371 g/mol. The number of nitrogens with one attached hydrogen (secondary N) is 1. The Hall–Kier alpha value is -2.13. The zero-order valence-corrected chi connectivity index (χ0v) is 16.0. The van der Waals surface area contributed by atoms with Gasteiger partial charge in [0.25, 0.3) is 0 Å². The standard InChI is InChI=1S/C16H25N3O5S/c1-12(16(21)17-2)19(15(20)11-18(3)25(5,22)23)10-13-6-8-14(24-4)9-7-13/h6-9,12H,10-11H2,1-5H3,(H,17,21). The second kappa shape index (κ2) is 8.82. The fraction of sp³-hybridized carbons (Fsp3) is 0.500. The molecule has 0 fully saturated rings. The third-order valence-electron chi connectivity index (χ3n) is 3.85. The highest BCUT2D eigenvalue weighted by molar-refractivity contribution is 7.88. The molecule has 8 nitrogen and oxygen atoms in total. The van der Waals surface area contributed by atoms with Gasteiger partial charge in [0.15, 0.2) is 0 Å². The van der Waals surface area contributed by atoms with E-state index in [2.05, 4.69) is 5.32 Å². The minimum Gasteiger partial charge on any atom is -0.497 e. The predicted molar refractivity (Wildman–Crippen MR) is 94.5 cm³/mol. The zero-order valence-electron chi connectivity index (χ0n) is 15.1.